The highest BCUT2D eigenvalue weighted by Crippen LogP contribution is 2.18. The van der Waals surface area contributed by atoms with Crippen LogP contribution in [0.3, 0.4) is 0 Å². The van der Waals surface area contributed by atoms with Gasteiger partial charge in [-0.15, -0.1) is 0 Å². The molecule has 0 radical (unpaired) electrons. The first-order chi connectivity index (χ1) is 8.98. The van der Waals surface area contributed by atoms with Crippen LogP contribution in [0.15, 0.2) is 24.3 Å². The van der Waals surface area contributed by atoms with Crippen LogP contribution in [0, 0.1) is 5.41 Å². The number of benzene rings is 1. The van der Waals surface area contributed by atoms with E-state index in [9.17, 15) is 4.79 Å². The number of thioether (sulfide) groups is 1. The van der Waals surface area contributed by atoms with Crippen molar-refractivity contribution in [2.24, 2.45) is 5.41 Å². The van der Waals surface area contributed by atoms with Crippen molar-refractivity contribution in [3.8, 4) is 0 Å². The molecular weight excluding hydrogens is 258 g/mol. The van der Waals surface area contributed by atoms with E-state index >= 15 is 0 Å². The Balaban J connectivity index is 2.53. The number of amides is 1. The molecule has 1 aromatic carbocycles. The number of aliphatic hydroxyl groups is 1. The van der Waals surface area contributed by atoms with Crippen molar-refractivity contribution < 1.29 is 9.90 Å². The third-order valence-corrected chi connectivity index (χ3v) is 3.67. The van der Waals surface area contributed by atoms with Crippen molar-refractivity contribution in [1.29, 1.82) is 0 Å². The quantitative estimate of drug-likeness (QED) is 0.808. The summed E-state index contributed by atoms with van der Waals surface area (Å²) in [6.45, 7) is 4.78. The van der Waals surface area contributed by atoms with Gasteiger partial charge in [-0.05, 0) is 35.8 Å². The number of hydrogen-bond donors (Lipinski definition) is 2. The summed E-state index contributed by atoms with van der Waals surface area (Å²) in [5.41, 5.74) is 1.83. The zero-order valence-electron chi connectivity index (χ0n) is 11.9. The smallest absolute Gasteiger partial charge is 0.251 e. The minimum Gasteiger partial charge on any atom is -0.396 e. The Bertz CT molecular complexity index is 401. The first-order valence-electron chi connectivity index (χ1n) is 6.45. The van der Waals surface area contributed by atoms with Crippen molar-refractivity contribution in [2.45, 2.75) is 26.0 Å². The number of rotatable bonds is 7. The van der Waals surface area contributed by atoms with Gasteiger partial charge >= 0.3 is 0 Å². The summed E-state index contributed by atoms with van der Waals surface area (Å²) in [4.78, 5) is 12.0. The van der Waals surface area contributed by atoms with Crippen molar-refractivity contribution >= 4 is 17.7 Å². The molecule has 4 heteroatoms. The van der Waals surface area contributed by atoms with E-state index in [1.54, 1.807) is 11.8 Å². The summed E-state index contributed by atoms with van der Waals surface area (Å²) >= 11 is 1.76. The van der Waals surface area contributed by atoms with Crippen LogP contribution < -0.4 is 5.32 Å². The van der Waals surface area contributed by atoms with E-state index in [0.717, 1.165) is 5.75 Å². The number of carbonyl (C=O) groups excluding carboxylic acids is 1. The highest BCUT2D eigenvalue weighted by atomic mass is 32.2. The summed E-state index contributed by atoms with van der Waals surface area (Å²) in [5.74, 6) is 0.910. The van der Waals surface area contributed by atoms with E-state index in [1.165, 1.54) is 5.56 Å². The standard InChI is InChI=1S/C15H23NO2S/c1-15(2,8-9-17)11-16-14(18)13-6-4-12(5-7-13)10-19-3/h4-7,17H,8-11H2,1-3H3,(H,16,18). The SMILES string of the molecule is CSCc1ccc(C(=O)NCC(C)(C)CCO)cc1. The Morgan fingerprint density at radius 1 is 1.32 bits per heavy atom. The fraction of sp³-hybridized carbons (Fsp3) is 0.533. The maximum absolute atomic E-state index is 12.0. The van der Waals surface area contributed by atoms with E-state index in [-0.39, 0.29) is 17.9 Å². The fourth-order valence-electron chi connectivity index (χ4n) is 1.73. The van der Waals surface area contributed by atoms with Crippen LogP contribution in [0.25, 0.3) is 0 Å². The summed E-state index contributed by atoms with van der Waals surface area (Å²) in [6, 6.07) is 7.70. The van der Waals surface area contributed by atoms with E-state index < -0.39 is 0 Å². The molecule has 1 aromatic rings. The van der Waals surface area contributed by atoms with E-state index in [4.69, 9.17) is 5.11 Å². The lowest BCUT2D eigenvalue weighted by atomic mass is 9.89. The largest absolute Gasteiger partial charge is 0.396 e. The van der Waals surface area contributed by atoms with Crippen molar-refractivity contribution in [2.75, 3.05) is 19.4 Å². The lowest BCUT2D eigenvalue weighted by Crippen LogP contribution is -2.34. The van der Waals surface area contributed by atoms with Gasteiger partial charge in [0, 0.05) is 24.5 Å². The normalized spacial score (nSPS) is 11.4. The van der Waals surface area contributed by atoms with Gasteiger partial charge in [0.25, 0.3) is 5.91 Å². The van der Waals surface area contributed by atoms with Gasteiger partial charge in [0.15, 0.2) is 0 Å². The minimum atomic E-state index is -0.0802. The van der Waals surface area contributed by atoms with Crippen LogP contribution >= 0.6 is 11.8 Å². The van der Waals surface area contributed by atoms with Crippen molar-refractivity contribution in [1.82, 2.24) is 5.32 Å². The monoisotopic (exact) mass is 281 g/mol. The number of nitrogens with one attached hydrogen (secondary N) is 1. The van der Waals surface area contributed by atoms with Gasteiger partial charge in [0.2, 0.25) is 0 Å². The maximum atomic E-state index is 12.0. The Kier molecular flexibility index (Phi) is 6.38. The van der Waals surface area contributed by atoms with Gasteiger partial charge in [-0.1, -0.05) is 26.0 Å². The molecule has 1 rings (SSSR count). The molecule has 2 N–H and O–H groups in total. The Labute approximate surface area is 119 Å². The molecule has 0 aromatic heterocycles. The molecule has 0 spiro atoms. The molecule has 0 fully saturated rings. The van der Waals surface area contributed by atoms with Gasteiger partial charge in [-0.2, -0.15) is 11.8 Å². The summed E-state index contributed by atoms with van der Waals surface area (Å²) in [7, 11) is 0. The molecule has 0 aliphatic heterocycles. The summed E-state index contributed by atoms with van der Waals surface area (Å²) < 4.78 is 0. The first-order valence-corrected chi connectivity index (χ1v) is 7.85. The van der Waals surface area contributed by atoms with E-state index in [1.807, 2.05) is 38.1 Å². The topological polar surface area (TPSA) is 49.3 Å². The van der Waals surface area contributed by atoms with Gasteiger partial charge in [0.05, 0.1) is 0 Å². The number of aliphatic hydroxyl groups excluding tert-OH is 1. The molecule has 0 bridgehead atoms. The van der Waals surface area contributed by atoms with E-state index in [2.05, 4.69) is 11.6 Å². The molecule has 0 saturated heterocycles. The van der Waals surface area contributed by atoms with Gasteiger partial charge < -0.3 is 10.4 Å². The Morgan fingerprint density at radius 3 is 2.47 bits per heavy atom. The maximum Gasteiger partial charge on any atom is 0.251 e. The van der Waals surface area contributed by atoms with Gasteiger partial charge in [-0.3, -0.25) is 4.79 Å². The molecule has 106 valence electrons. The highest BCUT2D eigenvalue weighted by molar-refractivity contribution is 7.97. The third-order valence-electron chi connectivity index (χ3n) is 3.04. The predicted molar refractivity (Wildman–Crippen MR) is 81.5 cm³/mol. The molecule has 3 nitrogen and oxygen atoms in total. The fourth-order valence-corrected chi connectivity index (χ4v) is 2.26. The second-order valence-electron chi connectivity index (χ2n) is 5.45. The molecule has 0 aliphatic carbocycles. The van der Waals surface area contributed by atoms with Crippen molar-refractivity contribution in [3.05, 3.63) is 35.4 Å². The zero-order valence-corrected chi connectivity index (χ0v) is 12.7. The molecule has 19 heavy (non-hydrogen) atoms. The average Bonchev–Trinajstić information content (AvgIpc) is 2.37. The molecular formula is C15H23NO2S. The highest BCUT2D eigenvalue weighted by Gasteiger charge is 2.18. The first kappa shape index (κ1) is 16.1. The number of carbonyl (C=O) groups is 1. The van der Waals surface area contributed by atoms with Crippen LogP contribution in [0.2, 0.25) is 0 Å². The Hall–Kier alpha value is -1.00. The lowest BCUT2D eigenvalue weighted by Gasteiger charge is -2.23. The summed E-state index contributed by atoms with van der Waals surface area (Å²) in [5, 5.41) is 11.9. The second kappa shape index (κ2) is 7.56. The molecule has 1 amide bonds. The lowest BCUT2D eigenvalue weighted by molar-refractivity contribution is 0.0928. The van der Waals surface area contributed by atoms with Crippen LogP contribution in [-0.4, -0.2) is 30.4 Å². The molecule has 0 heterocycles. The second-order valence-corrected chi connectivity index (χ2v) is 6.32. The van der Waals surface area contributed by atoms with Crippen molar-refractivity contribution in [3.63, 3.8) is 0 Å². The molecule has 0 atom stereocenters. The van der Waals surface area contributed by atoms with Crippen LogP contribution in [0.5, 0.6) is 0 Å². The minimum absolute atomic E-state index is 0.0540. The van der Waals surface area contributed by atoms with Gasteiger partial charge in [0.1, 0.15) is 0 Å². The third kappa shape index (κ3) is 5.66. The van der Waals surface area contributed by atoms with E-state index in [0.29, 0.717) is 18.5 Å². The summed E-state index contributed by atoms with van der Waals surface area (Å²) in [6.07, 6.45) is 2.74. The van der Waals surface area contributed by atoms with Crippen LogP contribution in [0.4, 0.5) is 0 Å². The molecule has 0 unspecified atom stereocenters. The van der Waals surface area contributed by atoms with Crippen LogP contribution in [-0.2, 0) is 5.75 Å². The Morgan fingerprint density at radius 2 is 1.95 bits per heavy atom. The molecule has 0 saturated carbocycles. The number of hydrogen-bond acceptors (Lipinski definition) is 3. The van der Waals surface area contributed by atoms with Gasteiger partial charge in [-0.25, -0.2) is 0 Å². The van der Waals surface area contributed by atoms with Crippen LogP contribution in [0.1, 0.15) is 36.2 Å². The predicted octanol–water partition coefficient (Wildman–Crippen LogP) is 2.69. The molecule has 0 aliphatic rings. The average molecular weight is 281 g/mol. The zero-order chi connectivity index (χ0) is 14.3.